The summed E-state index contributed by atoms with van der Waals surface area (Å²) in [6.45, 7) is 3.33. The minimum atomic E-state index is -1.11. The first-order valence-corrected chi connectivity index (χ1v) is 29.6. The zero-order valence-electron chi connectivity index (χ0n) is 48.9. The topological polar surface area (TPSA) is 174 Å². The van der Waals surface area contributed by atoms with E-state index < -0.39 is 74.0 Å². The van der Waals surface area contributed by atoms with E-state index in [9.17, 15) is 9.90 Å². The van der Waals surface area contributed by atoms with Crippen LogP contribution < -0.4 is 5.73 Å². The van der Waals surface area contributed by atoms with Gasteiger partial charge in [-0.15, -0.1) is 0 Å². The van der Waals surface area contributed by atoms with Crippen LogP contribution in [-0.2, 0) is 114 Å². The third-order valence-corrected chi connectivity index (χ3v) is 14.5. The minimum Gasteiger partial charge on any atom is -0.480 e. The van der Waals surface area contributed by atoms with E-state index in [-0.39, 0.29) is 26.4 Å². The van der Waals surface area contributed by atoms with Crippen LogP contribution in [0, 0.1) is 0 Å². The summed E-state index contributed by atoms with van der Waals surface area (Å²) < 4.78 is 76.7. The average Bonchev–Trinajstić information content (AvgIpc) is 2.61. The number of carbonyl (C=O) groups is 1. The number of nitrogens with two attached hydrogens (primary N) is 1. The second kappa shape index (κ2) is 36.1. The van der Waals surface area contributed by atoms with E-state index in [4.69, 9.17) is 62.6 Å². The highest BCUT2D eigenvalue weighted by Gasteiger charge is 2.51. The lowest BCUT2D eigenvalue weighted by Crippen LogP contribution is -2.62. The zero-order chi connectivity index (χ0) is 59.9. The molecule has 8 aromatic rings. The van der Waals surface area contributed by atoms with Gasteiger partial charge in [0.05, 0.1) is 72.7 Å². The Bertz CT molecular complexity index is 3090. The van der Waals surface area contributed by atoms with Crippen LogP contribution in [0.25, 0.3) is 0 Å². The highest BCUT2D eigenvalue weighted by atomic mass is 16.7. The summed E-state index contributed by atoms with van der Waals surface area (Å²) in [7, 11) is 0. The molecule has 10 atom stereocenters. The highest BCUT2D eigenvalue weighted by Crippen LogP contribution is 2.34. The van der Waals surface area contributed by atoms with E-state index in [1.807, 2.05) is 243 Å². The van der Waals surface area contributed by atoms with E-state index in [0.29, 0.717) is 52.8 Å². The maximum absolute atomic E-state index is 11.6. The molecule has 0 bridgehead atoms. The number of hydrogen-bond donors (Lipinski definition) is 2. The quantitative estimate of drug-likeness (QED) is 0.0407. The maximum atomic E-state index is 11.6. The molecule has 0 aliphatic carbocycles. The average molecular weight is 1180 g/mol. The smallest absolute Gasteiger partial charge is 0.329 e. The molecule has 2 heterocycles. The predicted octanol–water partition coefficient (Wildman–Crippen LogP) is 11.4. The number of hydrogen-bond acceptors (Lipinski definition) is 14. The van der Waals surface area contributed by atoms with Crippen molar-refractivity contribution in [3.05, 3.63) is 287 Å². The van der Waals surface area contributed by atoms with Gasteiger partial charge in [-0.25, -0.2) is 4.79 Å². The molecule has 8 aromatic carbocycles. The minimum absolute atomic E-state index is 0.165. The van der Waals surface area contributed by atoms with Gasteiger partial charge in [-0.05, 0) is 44.5 Å². The van der Waals surface area contributed by atoms with Gasteiger partial charge in [0, 0.05) is 6.54 Å². The molecule has 0 amide bonds. The molecule has 2 saturated heterocycles. The van der Waals surface area contributed by atoms with Crippen LogP contribution in [0.15, 0.2) is 243 Å². The Morgan fingerprint density at radius 3 is 0.828 bits per heavy atom. The molecule has 15 heteroatoms. The number of benzene rings is 8. The van der Waals surface area contributed by atoms with Crippen LogP contribution in [0.2, 0.25) is 0 Å². The third kappa shape index (κ3) is 21.2. The predicted molar refractivity (Wildman–Crippen MR) is 328 cm³/mol. The summed E-state index contributed by atoms with van der Waals surface area (Å²) in [5.74, 6) is -1.11. The molecule has 2 fully saturated rings. The summed E-state index contributed by atoms with van der Waals surface area (Å²) in [6.07, 6.45) is -6.60. The van der Waals surface area contributed by atoms with Gasteiger partial charge >= 0.3 is 5.97 Å². The molecule has 2 aliphatic rings. The van der Waals surface area contributed by atoms with Crippen molar-refractivity contribution in [3.63, 3.8) is 0 Å². The highest BCUT2D eigenvalue weighted by molar-refractivity contribution is 5.68. The molecule has 0 saturated carbocycles. The van der Waals surface area contributed by atoms with Crippen molar-refractivity contribution in [1.82, 2.24) is 0 Å². The Morgan fingerprint density at radius 2 is 0.563 bits per heavy atom. The Kier molecular flexibility index (Phi) is 26.7. The second-order valence-electron chi connectivity index (χ2n) is 21.0. The molecule has 456 valence electrons. The zero-order valence-corrected chi connectivity index (χ0v) is 48.9. The lowest BCUT2D eigenvalue weighted by molar-refractivity contribution is -0.327. The number of aliphatic carboxylic acids is 1. The Hall–Kier alpha value is -7.29. The van der Waals surface area contributed by atoms with E-state index in [1.54, 1.807) is 0 Å². The fourth-order valence-electron chi connectivity index (χ4n) is 10.1. The van der Waals surface area contributed by atoms with Gasteiger partial charge < -0.3 is 67.7 Å². The molecular formula is C72H79NO14. The fourth-order valence-corrected chi connectivity index (χ4v) is 10.1. The first-order valence-electron chi connectivity index (χ1n) is 29.6. The molecule has 0 radical (unpaired) electrons. The van der Waals surface area contributed by atoms with E-state index >= 15 is 0 Å². The molecule has 2 aliphatic heterocycles. The lowest BCUT2D eigenvalue weighted by atomic mass is 9.97. The van der Waals surface area contributed by atoms with Crippen molar-refractivity contribution < 1.29 is 66.7 Å². The van der Waals surface area contributed by atoms with Gasteiger partial charge in [0.1, 0.15) is 55.4 Å². The van der Waals surface area contributed by atoms with Crippen molar-refractivity contribution >= 4 is 5.97 Å². The first kappa shape index (κ1) is 64.2. The fraction of sp³-hybridized carbons (Fsp3) is 0.319. The molecular weight excluding hydrogens is 1100 g/mol. The van der Waals surface area contributed by atoms with Crippen molar-refractivity contribution in [2.45, 2.75) is 114 Å². The molecule has 3 N–H and O–H groups in total. The molecule has 0 spiro atoms. The maximum Gasteiger partial charge on any atom is 0.329 e. The molecule has 10 rings (SSSR count). The summed E-state index contributed by atoms with van der Waals surface area (Å²) in [5, 5.41) is 9.45. The van der Waals surface area contributed by atoms with E-state index in [0.717, 1.165) is 44.5 Å². The van der Waals surface area contributed by atoms with E-state index in [1.165, 1.54) is 0 Å². The summed E-state index contributed by atoms with van der Waals surface area (Å²) >= 11 is 0. The largest absolute Gasteiger partial charge is 0.480 e. The standard InChI is InChI=1S/C36H41NO6.C36H38O8/c37-21-22-39-36-35(42-26-31-19-11-4-12-20-31)34(41-25-30-17-9-3-10-18-30)33(40-24-29-15-7-2-8-16-29)32(43-36)27-38-23-28-13-5-1-6-14-28;37-32(38)26-43-36-35(42-24-30-19-11-4-12-20-30)34(41-23-29-17-9-3-10-18-29)33(40-22-28-15-7-2-8-16-28)31(44-36)25-39-21-27-13-5-1-6-14-27/h1-20,32-36H,21-27,37H2;1-20,31,33-36H,21-26H2,(H,37,38)/t32?,33-,34?,35-,36?;31?,33-,34?,35-,36?/m11/s1. The molecule has 6 unspecified atom stereocenters. The van der Waals surface area contributed by atoms with Crippen molar-refractivity contribution in [1.29, 1.82) is 0 Å². The first-order chi connectivity index (χ1) is 43.0. The number of carboxylic acid groups (broad SMARTS) is 1. The molecule has 15 nitrogen and oxygen atoms in total. The van der Waals surface area contributed by atoms with Crippen LogP contribution in [0.3, 0.4) is 0 Å². The van der Waals surface area contributed by atoms with Gasteiger partial charge in [0.2, 0.25) is 0 Å². The number of ether oxygens (including phenoxy) is 12. The van der Waals surface area contributed by atoms with Crippen molar-refractivity contribution in [3.8, 4) is 0 Å². The van der Waals surface area contributed by atoms with Gasteiger partial charge in [0.15, 0.2) is 12.6 Å². The van der Waals surface area contributed by atoms with Gasteiger partial charge in [-0.2, -0.15) is 0 Å². The number of carboxylic acids is 1. The lowest BCUT2D eigenvalue weighted by Gasteiger charge is -2.45. The van der Waals surface area contributed by atoms with E-state index in [2.05, 4.69) is 0 Å². The number of rotatable bonds is 32. The van der Waals surface area contributed by atoms with Crippen LogP contribution in [0.4, 0.5) is 0 Å². The van der Waals surface area contributed by atoms with Crippen LogP contribution in [0.5, 0.6) is 0 Å². The van der Waals surface area contributed by atoms with Gasteiger partial charge in [-0.1, -0.05) is 243 Å². The van der Waals surface area contributed by atoms with Crippen LogP contribution in [-0.4, -0.2) is 105 Å². The van der Waals surface area contributed by atoms with Crippen molar-refractivity contribution in [2.75, 3.05) is 33.0 Å². The second-order valence-corrected chi connectivity index (χ2v) is 21.0. The van der Waals surface area contributed by atoms with Gasteiger partial charge in [-0.3, -0.25) is 0 Å². The monoisotopic (exact) mass is 1180 g/mol. The van der Waals surface area contributed by atoms with Crippen LogP contribution >= 0.6 is 0 Å². The van der Waals surface area contributed by atoms with Gasteiger partial charge in [0.25, 0.3) is 0 Å². The normalized spacial score (nSPS) is 21.8. The summed E-state index contributed by atoms with van der Waals surface area (Å²) in [6, 6.07) is 79.5. The Morgan fingerprint density at radius 1 is 0.322 bits per heavy atom. The van der Waals surface area contributed by atoms with Crippen molar-refractivity contribution in [2.24, 2.45) is 5.73 Å². The van der Waals surface area contributed by atoms with Crippen LogP contribution in [0.1, 0.15) is 44.5 Å². The SMILES string of the molecule is NCCOC1OC(COCc2ccccc2)[C@@H](OCc2ccccc2)C(OCc2ccccc2)[C@H]1OCc1ccccc1.O=C(O)COC1OC(COCc2ccccc2)[C@@H](OCc2ccccc2)C(OCc2ccccc2)[C@H]1OCc1ccccc1. The summed E-state index contributed by atoms with van der Waals surface area (Å²) in [4.78, 5) is 11.6. The molecule has 87 heavy (non-hydrogen) atoms. The Balaban J connectivity index is 0.000000208. The summed E-state index contributed by atoms with van der Waals surface area (Å²) in [5.41, 5.74) is 14.0. The molecule has 0 aromatic heterocycles. The Labute approximate surface area is 510 Å². The third-order valence-electron chi connectivity index (χ3n) is 14.5.